The molecule has 1 atom stereocenters. The van der Waals surface area contributed by atoms with Gasteiger partial charge in [0.05, 0.1) is 5.52 Å². The topological polar surface area (TPSA) is 38.9 Å². The SMILES string of the molecule is C[C@H](N)CCc1ccc2ncccc2c1. The van der Waals surface area contributed by atoms with Gasteiger partial charge in [-0.2, -0.15) is 0 Å². The lowest BCUT2D eigenvalue weighted by Gasteiger charge is -2.05. The van der Waals surface area contributed by atoms with Crippen molar-refractivity contribution in [3.05, 3.63) is 42.1 Å². The van der Waals surface area contributed by atoms with Gasteiger partial charge in [-0.25, -0.2) is 0 Å². The van der Waals surface area contributed by atoms with E-state index < -0.39 is 0 Å². The zero-order valence-corrected chi connectivity index (χ0v) is 8.98. The summed E-state index contributed by atoms with van der Waals surface area (Å²) in [6, 6.07) is 10.7. The summed E-state index contributed by atoms with van der Waals surface area (Å²) in [5.74, 6) is 0. The molecule has 0 amide bonds. The molecule has 2 aromatic rings. The minimum absolute atomic E-state index is 0.273. The molecule has 2 N–H and O–H groups in total. The maximum Gasteiger partial charge on any atom is 0.0702 e. The molecule has 0 radical (unpaired) electrons. The van der Waals surface area contributed by atoms with Gasteiger partial charge in [-0.1, -0.05) is 12.1 Å². The van der Waals surface area contributed by atoms with Crippen LogP contribution in [0.25, 0.3) is 10.9 Å². The molecule has 0 aliphatic heterocycles. The average molecular weight is 200 g/mol. The predicted octanol–water partition coefficient (Wildman–Crippen LogP) is 2.51. The highest BCUT2D eigenvalue weighted by Crippen LogP contribution is 2.14. The van der Waals surface area contributed by atoms with Gasteiger partial charge in [-0.3, -0.25) is 4.98 Å². The molecule has 1 heterocycles. The van der Waals surface area contributed by atoms with Crippen LogP contribution in [-0.4, -0.2) is 11.0 Å². The molecule has 0 aliphatic rings. The molecule has 2 heteroatoms. The molecule has 0 unspecified atom stereocenters. The Balaban J connectivity index is 2.23. The summed E-state index contributed by atoms with van der Waals surface area (Å²) in [7, 11) is 0. The van der Waals surface area contributed by atoms with Crippen molar-refractivity contribution < 1.29 is 0 Å². The Labute approximate surface area is 90.1 Å². The first kappa shape index (κ1) is 10.1. The monoisotopic (exact) mass is 200 g/mol. The third-order valence-electron chi connectivity index (χ3n) is 2.56. The fourth-order valence-corrected chi connectivity index (χ4v) is 1.67. The van der Waals surface area contributed by atoms with Crippen LogP contribution < -0.4 is 5.73 Å². The van der Waals surface area contributed by atoms with Gasteiger partial charge in [0.15, 0.2) is 0 Å². The lowest BCUT2D eigenvalue weighted by atomic mass is 10.0. The normalized spacial score (nSPS) is 12.9. The highest BCUT2D eigenvalue weighted by Gasteiger charge is 1.99. The quantitative estimate of drug-likeness (QED) is 0.826. The first-order valence-corrected chi connectivity index (χ1v) is 5.35. The summed E-state index contributed by atoms with van der Waals surface area (Å²) >= 11 is 0. The molecule has 1 aromatic heterocycles. The summed E-state index contributed by atoms with van der Waals surface area (Å²) in [4.78, 5) is 4.29. The fourth-order valence-electron chi connectivity index (χ4n) is 1.67. The number of hydrogen-bond donors (Lipinski definition) is 1. The van der Waals surface area contributed by atoms with E-state index in [2.05, 4.69) is 29.2 Å². The second-order valence-corrected chi connectivity index (χ2v) is 4.05. The Bertz CT molecular complexity index is 449. The van der Waals surface area contributed by atoms with E-state index >= 15 is 0 Å². The zero-order valence-electron chi connectivity index (χ0n) is 8.98. The van der Waals surface area contributed by atoms with E-state index in [4.69, 9.17) is 5.73 Å². The fraction of sp³-hybridized carbons (Fsp3) is 0.308. The van der Waals surface area contributed by atoms with Crippen LogP contribution in [0.2, 0.25) is 0 Å². The van der Waals surface area contributed by atoms with Crippen molar-refractivity contribution in [3.63, 3.8) is 0 Å². The molecule has 1 aromatic carbocycles. The summed E-state index contributed by atoms with van der Waals surface area (Å²) in [5.41, 5.74) is 8.14. The smallest absolute Gasteiger partial charge is 0.0702 e. The Morgan fingerprint density at radius 2 is 2.20 bits per heavy atom. The third-order valence-corrected chi connectivity index (χ3v) is 2.56. The van der Waals surface area contributed by atoms with Gasteiger partial charge in [0.2, 0.25) is 0 Å². The van der Waals surface area contributed by atoms with Crippen LogP contribution in [0.3, 0.4) is 0 Å². The minimum Gasteiger partial charge on any atom is -0.328 e. The van der Waals surface area contributed by atoms with Gasteiger partial charge in [0.1, 0.15) is 0 Å². The molecule has 0 fully saturated rings. The van der Waals surface area contributed by atoms with Crippen LogP contribution in [0, 0.1) is 0 Å². The van der Waals surface area contributed by atoms with Crippen molar-refractivity contribution in [3.8, 4) is 0 Å². The molecule has 2 nitrogen and oxygen atoms in total. The van der Waals surface area contributed by atoms with Crippen molar-refractivity contribution in [2.45, 2.75) is 25.8 Å². The summed E-state index contributed by atoms with van der Waals surface area (Å²) in [6.07, 6.45) is 3.90. The number of nitrogens with zero attached hydrogens (tertiary/aromatic N) is 1. The van der Waals surface area contributed by atoms with E-state index in [1.807, 2.05) is 19.2 Å². The largest absolute Gasteiger partial charge is 0.328 e. The van der Waals surface area contributed by atoms with Crippen LogP contribution in [0.1, 0.15) is 18.9 Å². The number of nitrogens with two attached hydrogens (primary N) is 1. The van der Waals surface area contributed by atoms with Gasteiger partial charge >= 0.3 is 0 Å². The number of aromatic nitrogens is 1. The summed E-state index contributed by atoms with van der Waals surface area (Å²) in [6.45, 7) is 2.04. The highest BCUT2D eigenvalue weighted by molar-refractivity contribution is 5.78. The highest BCUT2D eigenvalue weighted by atomic mass is 14.6. The Hall–Kier alpha value is -1.41. The van der Waals surface area contributed by atoms with Gasteiger partial charge in [-0.05, 0) is 43.5 Å². The number of hydrogen-bond acceptors (Lipinski definition) is 2. The van der Waals surface area contributed by atoms with Crippen molar-refractivity contribution in [1.82, 2.24) is 4.98 Å². The maximum absolute atomic E-state index is 5.74. The molecule has 0 bridgehead atoms. The summed E-state index contributed by atoms with van der Waals surface area (Å²) in [5, 5.41) is 1.21. The Morgan fingerprint density at radius 1 is 1.33 bits per heavy atom. The molecular weight excluding hydrogens is 184 g/mol. The predicted molar refractivity (Wildman–Crippen MR) is 63.7 cm³/mol. The van der Waals surface area contributed by atoms with Gasteiger partial charge in [-0.15, -0.1) is 0 Å². The number of aryl methyl sites for hydroxylation is 1. The van der Waals surface area contributed by atoms with Crippen LogP contribution in [0.4, 0.5) is 0 Å². The van der Waals surface area contributed by atoms with E-state index in [1.165, 1.54) is 10.9 Å². The van der Waals surface area contributed by atoms with Crippen LogP contribution >= 0.6 is 0 Å². The number of rotatable bonds is 3. The second-order valence-electron chi connectivity index (χ2n) is 4.05. The standard InChI is InChI=1S/C13H16N2/c1-10(14)4-5-11-6-7-13-12(9-11)3-2-8-15-13/h2-3,6-10H,4-5,14H2,1H3/t10-/m0/s1. The first-order valence-electron chi connectivity index (χ1n) is 5.35. The lowest BCUT2D eigenvalue weighted by molar-refractivity contribution is 0.666. The number of fused-ring (bicyclic) bond motifs is 1. The summed E-state index contributed by atoms with van der Waals surface area (Å²) < 4.78 is 0. The third kappa shape index (κ3) is 2.54. The Kier molecular flexibility index (Phi) is 2.97. The van der Waals surface area contributed by atoms with E-state index in [0.29, 0.717) is 0 Å². The first-order chi connectivity index (χ1) is 7.25. The zero-order chi connectivity index (χ0) is 10.7. The molecule has 0 spiro atoms. The van der Waals surface area contributed by atoms with Crippen molar-refractivity contribution in [2.24, 2.45) is 5.73 Å². The average Bonchev–Trinajstić information content (AvgIpc) is 2.26. The van der Waals surface area contributed by atoms with Crippen molar-refractivity contribution in [2.75, 3.05) is 0 Å². The van der Waals surface area contributed by atoms with Crippen LogP contribution in [0.5, 0.6) is 0 Å². The van der Waals surface area contributed by atoms with E-state index in [1.54, 1.807) is 0 Å². The molecule has 2 rings (SSSR count). The van der Waals surface area contributed by atoms with E-state index in [0.717, 1.165) is 18.4 Å². The van der Waals surface area contributed by atoms with Gasteiger partial charge in [0.25, 0.3) is 0 Å². The van der Waals surface area contributed by atoms with Crippen LogP contribution in [0.15, 0.2) is 36.5 Å². The van der Waals surface area contributed by atoms with Crippen LogP contribution in [-0.2, 0) is 6.42 Å². The van der Waals surface area contributed by atoms with Gasteiger partial charge < -0.3 is 5.73 Å². The Morgan fingerprint density at radius 3 is 3.00 bits per heavy atom. The number of pyridine rings is 1. The van der Waals surface area contributed by atoms with Crippen molar-refractivity contribution in [1.29, 1.82) is 0 Å². The second kappa shape index (κ2) is 4.41. The molecule has 78 valence electrons. The van der Waals surface area contributed by atoms with E-state index in [9.17, 15) is 0 Å². The van der Waals surface area contributed by atoms with Gasteiger partial charge in [0, 0.05) is 17.6 Å². The minimum atomic E-state index is 0.273. The lowest BCUT2D eigenvalue weighted by Crippen LogP contribution is -2.15. The molecular formula is C13H16N2. The van der Waals surface area contributed by atoms with Crippen molar-refractivity contribution >= 4 is 10.9 Å². The van der Waals surface area contributed by atoms with E-state index in [-0.39, 0.29) is 6.04 Å². The molecule has 15 heavy (non-hydrogen) atoms. The maximum atomic E-state index is 5.74. The molecule has 0 saturated heterocycles. The molecule has 0 aliphatic carbocycles. The number of benzene rings is 1. The molecule has 0 saturated carbocycles.